The van der Waals surface area contributed by atoms with Crippen molar-refractivity contribution in [1.82, 2.24) is 15.2 Å². The highest BCUT2D eigenvalue weighted by Gasteiger charge is 2.23. The fraction of sp³-hybridized carbons (Fsp3) is 0.769. The zero-order valence-corrected chi connectivity index (χ0v) is 12.0. The van der Waals surface area contributed by atoms with Crippen LogP contribution in [0.15, 0.2) is 5.38 Å². The SMILES string of the molecule is Cc1nc(C(C)N(CCO)CC2CCCN2)cs1. The van der Waals surface area contributed by atoms with E-state index in [1.165, 1.54) is 12.8 Å². The van der Waals surface area contributed by atoms with E-state index in [0.717, 1.165) is 30.3 Å². The van der Waals surface area contributed by atoms with Gasteiger partial charge in [0, 0.05) is 24.5 Å². The molecule has 0 amide bonds. The topological polar surface area (TPSA) is 48.4 Å². The first-order valence-electron chi connectivity index (χ1n) is 6.71. The summed E-state index contributed by atoms with van der Waals surface area (Å²) in [6.07, 6.45) is 2.51. The number of nitrogens with zero attached hydrogens (tertiary/aromatic N) is 2. The van der Waals surface area contributed by atoms with Crippen molar-refractivity contribution in [3.8, 4) is 0 Å². The first-order chi connectivity index (χ1) is 8.70. The van der Waals surface area contributed by atoms with Gasteiger partial charge in [-0.1, -0.05) is 0 Å². The predicted octanol–water partition coefficient (Wildman–Crippen LogP) is 1.56. The molecule has 1 aliphatic heterocycles. The molecule has 1 aliphatic rings. The molecule has 0 bridgehead atoms. The molecule has 0 saturated carbocycles. The Bertz CT molecular complexity index is 363. The van der Waals surface area contributed by atoms with Gasteiger partial charge in [-0.2, -0.15) is 0 Å². The molecule has 2 atom stereocenters. The van der Waals surface area contributed by atoms with Crippen molar-refractivity contribution in [2.75, 3.05) is 26.2 Å². The monoisotopic (exact) mass is 269 g/mol. The summed E-state index contributed by atoms with van der Waals surface area (Å²) in [5, 5.41) is 16.0. The summed E-state index contributed by atoms with van der Waals surface area (Å²) in [6.45, 7) is 7.27. The van der Waals surface area contributed by atoms with Gasteiger partial charge in [-0.15, -0.1) is 11.3 Å². The van der Waals surface area contributed by atoms with E-state index in [9.17, 15) is 5.11 Å². The molecule has 18 heavy (non-hydrogen) atoms. The minimum absolute atomic E-state index is 0.209. The maximum atomic E-state index is 9.23. The van der Waals surface area contributed by atoms with E-state index >= 15 is 0 Å². The van der Waals surface area contributed by atoms with E-state index in [1.807, 2.05) is 6.92 Å². The third-order valence-electron chi connectivity index (χ3n) is 3.62. The third-order valence-corrected chi connectivity index (χ3v) is 4.41. The van der Waals surface area contributed by atoms with Crippen LogP contribution in [0.3, 0.4) is 0 Å². The Morgan fingerprint density at radius 2 is 2.50 bits per heavy atom. The number of aromatic nitrogens is 1. The van der Waals surface area contributed by atoms with Crippen molar-refractivity contribution < 1.29 is 5.11 Å². The smallest absolute Gasteiger partial charge is 0.0898 e. The standard InChI is InChI=1S/C13H23N3OS/c1-10(13-9-18-11(2)15-13)16(6-7-17)8-12-4-3-5-14-12/h9-10,12,14,17H,3-8H2,1-2H3. The predicted molar refractivity (Wildman–Crippen MR) is 74.9 cm³/mol. The molecule has 0 aliphatic carbocycles. The molecule has 0 radical (unpaired) electrons. The summed E-state index contributed by atoms with van der Waals surface area (Å²) < 4.78 is 0. The number of hydrogen-bond donors (Lipinski definition) is 2. The first kappa shape index (κ1) is 13.9. The molecule has 2 unspecified atom stereocenters. The van der Waals surface area contributed by atoms with Crippen LogP contribution < -0.4 is 5.32 Å². The van der Waals surface area contributed by atoms with Gasteiger partial charge in [0.2, 0.25) is 0 Å². The van der Waals surface area contributed by atoms with Crippen molar-refractivity contribution in [3.63, 3.8) is 0 Å². The molecule has 1 aromatic heterocycles. The fourth-order valence-corrected chi connectivity index (χ4v) is 3.23. The number of thiazole rings is 1. The van der Waals surface area contributed by atoms with Gasteiger partial charge in [0.1, 0.15) is 0 Å². The quantitative estimate of drug-likeness (QED) is 0.823. The van der Waals surface area contributed by atoms with Crippen molar-refractivity contribution in [2.24, 2.45) is 0 Å². The summed E-state index contributed by atoms with van der Waals surface area (Å²) in [4.78, 5) is 6.89. The maximum absolute atomic E-state index is 9.23. The molecule has 2 N–H and O–H groups in total. The molecule has 2 rings (SSSR count). The number of nitrogens with one attached hydrogen (secondary N) is 1. The van der Waals surface area contributed by atoms with Crippen molar-refractivity contribution in [2.45, 2.75) is 38.8 Å². The minimum atomic E-state index is 0.209. The van der Waals surface area contributed by atoms with Gasteiger partial charge in [-0.25, -0.2) is 4.98 Å². The Morgan fingerprint density at radius 3 is 3.06 bits per heavy atom. The Hall–Kier alpha value is -0.490. The Morgan fingerprint density at radius 1 is 1.67 bits per heavy atom. The molecule has 1 aromatic rings. The van der Waals surface area contributed by atoms with Crippen LogP contribution in [0.5, 0.6) is 0 Å². The second-order valence-corrected chi connectivity index (χ2v) is 6.04. The first-order valence-corrected chi connectivity index (χ1v) is 7.59. The van der Waals surface area contributed by atoms with E-state index in [-0.39, 0.29) is 12.6 Å². The van der Waals surface area contributed by atoms with Gasteiger partial charge in [-0.05, 0) is 33.2 Å². The second-order valence-electron chi connectivity index (χ2n) is 4.98. The second kappa shape index (κ2) is 6.61. The molecule has 0 spiro atoms. The summed E-state index contributed by atoms with van der Waals surface area (Å²) in [5.74, 6) is 0. The van der Waals surface area contributed by atoms with Gasteiger partial charge in [0.05, 0.1) is 23.4 Å². The Balaban J connectivity index is 1.98. The highest BCUT2D eigenvalue weighted by atomic mass is 32.1. The van der Waals surface area contributed by atoms with Crippen LogP contribution in [0.1, 0.15) is 36.5 Å². The van der Waals surface area contributed by atoms with Crippen LogP contribution in [0, 0.1) is 6.92 Å². The molecular weight excluding hydrogens is 246 g/mol. The third kappa shape index (κ3) is 3.51. The lowest BCUT2D eigenvalue weighted by Crippen LogP contribution is -2.40. The van der Waals surface area contributed by atoms with Crippen molar-refractivity contribution in [3.05, 3.63) is 16.1 Å². The molecular formula is C13H23N3OS. The van der Waals surface area contributed by atoms with E-state index in [4.69, 9.17) is 0 Å². The van der Waals surface area contributed by atoms with E-state index in [1.54, 1.807) is 11.3 Å². The normalized spacial score (nSPS) is 21.7. The fourth-order valence-electron chi connectivity index (χ4n) is 2.53. The van der Waals surface area contributed by atoms with Gasteiger partial charge < -0.3 is 10.4 Å². The molecule has 4 nitrogen and oxygen atoms in total. The average molecular weight is 269 g/mol. The lowest BCUT2D eigenvalue weighted by molar-refractivity contribution is 0.146. The number of aliphatic hydroxyl groups is 1. The summed E-state index contributed by atoms with van der Waals surface area (Å²) in [6, 6.07) is 0.850. The van der Waals surface area contributed by atoms with Crippen LogP contribution in [0.4, 0.5) is 0 Å². The van der Waals surface area contributed by atoms with Crippen molar-refractivity contribution >= 4 is 11.3 Å². The minimum Gasteiger partial charge on any atom is -0.395 e. The summed E-state index contributed by atoms with van der Waals surface area (Å²) in [5.41, 5.74) is 1.13. The highest BCUT2D eigenvalue weighted by molar-refractivity contribution is 7.09. The highest BCUT2D eigenvalue weighted by Crippen LogP contribution is 2.22. The maximum Gasteiger partial charge on any atom is 0.0898 e. The zero-order valence-electron chi connectivity index (χ0n) is 11.2. The van der Waals surface area contributed by atoms with Gasteiger partial charge in [-0.3, -0.25) is 4.90 Å². The van der Waals surface area contributed by atoms with E-state index in [0.29, 0.717) is 6.04 Å². The lowest BCUT2D eigenvalue weighted by Gasteiger charge is -2.30. The van der Waals surface area contributed by atoms with Crippen LogP contribution in [-0.2, 0) is 0 Å². The van der Waals surface area contributed by atoms with Gasteiger partial charge >= 0.3 is 0 Å². The summed E-state index contributed by atoms with van der Waals surface area (Å²) >= 11 is 1.70. The Labute approximate surface area is 113 Å². The van der Waals surface area contributed by atoms with Gasteiger partial charge in [0.25, 0.3) is 0 Å². The molecule has 1 saturated heterocycles. The number of hydrogen-bond acceptors (Lipinski definition) is 5. The average Bonchev–Trinajstić information content (AvgIpc) is 2.99. The van der Waals surface area contributed by atoms with Crippen LogP contribution in [0.25, 0.3) is 0 Å². The largest absolute Gasteiger partial charge is 0.395 e. The zero-order chi connectivity index (χ0) is 13.0. The Kier molecular flexibility index (Phi) is 5.12. The molecule has 102 valence electrons. The van der Waals surface area contributed by atoms with Crippen molar-refractivity contribution in [1.29, 1.82) is 0 Å². The molecule has 1 fully saturated rings. The summed E-state index contributed by atoms with van der Waals surface area (Å²) in [7, 11) is 0. The van der Waals surface area contributed by atoms with Crippen LogP contribution >= 0.6 is 11.3 Å². The lowest BCUT2D eigenvalue weighted by atomic mass is 10.1. The van der Waals surface area contributed by atoms with E-state index < -0.39 is 0 Å². The molecule has 2 heterocycles. The molecule has 0 aromatic carbocycles. The van der Waals surface area contributed by atoms with Crippen LogP contribution in [-0.4, -0.2) is 47.3 Å². The van der Waals surface area contributed by atoms with Crippen LogP contribution in [0.2, 0.25) is 0 Å². The number of rotatable bonds is 6. The van der Waals surface area contributed by atoms with E-state index in [2.05, 4.69) is 27.5 Å². The number of aliphatic hydroxyl groups excluding tert-OH is 1. The molecule has 5 heteroatoms. The number of aryl methyl sites for hydroxylation is 1. The van der Waals surface area contributed by atoms with Gasteiger partial charge in [0.15, 0.2) is 0 Å².